The normalized spacial score (nSPS) is 11.1. The molecule has 0 heterocycles. The molecule has 0 aliphatic heterocycles. The van der Waals surface area contributed by atoms with Gasteiger partial charge in [-0.1, -0.05) is 20.3 Å². The number of hydrogen-bond acceptors (Lipinski definition) is 3. The number of nitrogens with one attached hydrogen (secondary N) is 3. The molecule has 0 aliphatic carbocycles. The van der Waals surface area contributed by atoms with Gasteiger partial charge in [-0.15, -0.1) is 0 Å². The number of benzene rings is 1. The van der Waals surface area contributed by atoms with Crippen molar-refractivity contribution in [1.82, 2.24) is 10.6 Å². The van der Waals surface area contributed by atoms with Crippen molar-refractivity contribution in [3.63, 3.8) is 0 Å². The Kier molecular flexibility index (Phi) is 9.73. The lowest BCUT2D eigenvalue weighted by Gasteiger charge is -2.24. The van der Waals surface area contributed by atoms with Crippen molar-refractivity contribution in [2.45, 2.75) is 58.9 Å². The van der Waals surface area contributed by atoms with E-state index in [1.165, 1.54) is 0 Å². The van der Waals surface area contributed by atoms with Crippen LogP contribution in [0.15, 0.2) is 24.3 Å². The quantitative estimate of drug-likeness (QED) is 0.521. The van der Waals surface area contributed by atoms with Crippen LogP contribution in [-0.2, 0) is 4.74 Å². The van der Waals surface area contributed by atoms with Crippen molar-refractivity contribution >= 4 is 17.6 Å². The summed E-state index contributed by atoms with van der Waals surface area (Å²) in [7, 11) is 0. The van der Waals surface area contributed by atoms with Crippen LogP contribution in [0.25, 0.3) is 0 Å². The molecule has 1 rings (SSSR count). The van der Waals surface area contributed by atoms with Gasteiger partial charge in [0.25, 0.3) is 5.91 Å². The first-order valence-electron chi connectivity index (χ1n) is 9.43. The van der Waals surface area contributed by atoms with Crippen LogP contribution < -0.4 is 16.0 Å². The van der Waals surface area contributed by atoms with Gasteiger partial charge >= 0.3 is 6.03 Å². The highest BCUT2D eigenvalue weighted by Gasteiger charge is 2.18. The smallest absolute Gasteiger partial charge is 0.319 e. The molecule has 0 saturated carbocycles. The van der Waals surface area contributed by atoms with Gasteiger partial charge in [0.2, 0.25) is 0 Å². The third kappa shape index (κ3) is 8.85. The van der Waals surface area contributed by atoms with Crippen LogP contribution in [0, 0.1) is 0 Å². The van der Waals surface area contributed by atoms with Gasteiger partial charge in [-0.2, -0.15) is 0 Å². The number of unbranched alkanes of at least 4 members (excludes halogenated alkanes) is 1. The predicted molar refractivity (Wildman–Crippen MR) is 106 cm³/mol. The molecule has 0 aromatic heterocycles. The van der Waals surface area contributed by atoms with Gasteiger partial charge in [-0.25, -0.2) is 4.79 Å². The molecule has 0 fully saturated rings. The first-order chi connectivity index (χ1) is 12.4. The van der Waals surface area contributed by atoms with Crippen molar-refractivity contribution in [1.29, 1.82) is 0 Å². The highest BCUT2D eigenvalue weighted by atomic mass is 16.5. The fourth-order valence-electron chi connectivity index (χ4n) is 2.07. The highest BCUT2D eigenvalue weighted by Crippen LogP contribution is 2.12. The molecular formula is C20H33N3O3. The van der Waals surface area contributed by atoms with E-state index in [1.54, 1.807) is 24.3 Å². The molecule has 146 valence electrons. The minimum Gasteiger partial charge on any atom is -0.381 e. The maximum atomic E-state index is 12.2. The topological polar surface area (TPSA) is 79.5 Å². The van der Waals surface area contributed by atoms with E-state index in [0.29, 0.717) is 24.4 Å². The molecule has 3 N–H and O–H groups in total. The van der Waals surface area contributed by atoms with Gasteiger partial charge in [-0.3, -0.25) is 4.79 Å². The van der Waals surface area contributed by atoms with Crippen molar-refractivity contribution in [2.24, 2.45) is 0 Å². The minimum atomic E-state index is -0.261. The maximum Gasteiger partial charge on any atom is 0.319 e. The second-order valence-corrected chi connectivity index (χ2v) is 6.97. The molecule has 0 radical (unpaired) electrons. The fourth-order valence-corrected chi connectivity index (χ4v) is 2.07. The second kappa shape index (κ2) is 11.5. The lowest BCUT2D eigenvalue weighted by atomic mass is 10.0. The second-order valence-electron chi connectivity index (χ2n) is 6.97. The average molecular weight is 364 g/mol. The Morgan fingerprint density at radius 2 is 1.69 bits per heavy atom. The maximum absolute atomic E-state index is 12.2. The SMILES string of the molecule is CCCCOCCCNC(=O)Nc1ccc(C(=O)NC(C)(C)CC)cc1. The molecule has 6 heteroatoms. The summed E-state index contributed by atoms with van der Waals surface area (Å²) < 4.78 is 5.44. The number of carbonyl (C=O) groups excluding carboxylic acids is 2. The number of amides is 3. The summed E-state index contributed by atoms with van der Waals surface area (Å²) in [5, 5.41) is 8.53. The number of rotatable bonds is 11. The molecule has 1 aromatic carbocycles. The minimum absolute atomic E-state index is 0.115. The predicted octanol–water partition coefficient (Wildman–Crippen LogP) is 3.93. The standard InChI is InChI=1S/C20H33N3O3/c1-5-7-14-26-15-8-13-21-19(25)22-17-11-9-16(10-12-17)18(24)23-20(3,4)6-2/h9-12H,5-8,13-15H2,1-4H3,(H,23,24)(H2,21,22,25). The Morgan fingerprint density at radius 1 is 1.04 bits per heavy atom. The van der Waals surface area contributed by atoms with E-state index in [9.17, 15) is 9.59 Å². The fraction of sp³-hybridized carbons (Fsp3) is 0.600. The van der Waals surface area contributed by atoms with E-state index in [-0.39, 0.29) is 17.5 Å². The van der Waals surface area contributed by atoms with Crippen molar-refractivity contribution in [3.05, 3.63) is 29.8 Å². The summed E-state index contributed by atoms with van der Waals surface area (Å²) in [6.07, 6.45) is 3.82. The van der Waals surface area contributed by atoms with Gasteiger partial charge < -0.3 is 20.7 Å². The Hall–Kier alpha value is -2.08. The van der Waals surface area contributed by atoms with E-state index in [1.807, 2.05) is 20.8 Å². The van der Waals surface area contributed by atoms with Gasteiger partial charge in [0, 0.05) is 36.5 Å². The van der Waals surface area contributed by atoms with Crippen molar-refractivity contribution in [3.8, 4) is 0 Å². The molecule has 0 saturated heterocycles. The van der Waals surface area contributed by atoms with Crippen LogP contribution in [0.1, 0.15) is 63.7 Å². The summed E-state index contributed by atoms with van der Waals surface area (Å²) in [5.41, 5.74) is 0.975. The lowest BCUT2D eigenvalue weighted by Crippen LogP contribution is -2.42. The summed E-state index contributed by atoms with van der Waals surface area (Å²) in [5.74, 6) is -0.115. The Morgan fingerprint density at radius 3 is 2.31 bits per heavy atom. The highest BCUT2D eigenvalue weighted by molar-refractivity contribution is 5.95. The third-order valence-corrected chi connectivity index (χ3v) is 4.13. The van der Waals surface area contributed by atoms with E-state index in [2.05, 4.69) is 22.9 Å². The Bertz CT molecular complexity index is 556. The Labute approximate surface area is 157 Å². The largest absolute Gasteiger partial charge is 0.381 e. The number of anilines is 1. The van der Waals surface area contributed by atoms with Gasteiger partial charge in [-0.05, 0) is 57.4 Å². The first-order valence-corrected chi connectivity index (χ1v) is 9.43. The van der Waals surface area contributed by atoms with Gasteiger partial charge in [0.1, 0.15) is 0 Å². The molecule has 0 spiro atoms. The molecule has 6 nitrogen and oxygen atoms in total. The van der Waals surface area contributed by atoms with E-state index in [4.69, 9.17) is 4.74 Å². The molecule has 0 aliphatic rings. The van der Waals surface area contributed by atoms with Crippen LogP contribution >= 0.6 is 0 Å². The van der Waals surface area contributed by atoms with Crippen LogP contribution in [0.3, 0.4) is 0 Å². The van der Waals surface area contributed by atoms with Gasteiger partial charge in [0.15, 0.2) is 0 Å². The van der Waals surface area contributed by atoms with Crippen LogP contribution in [0.5, 0.6) is 0 Å². The molecule has 0 bridgehead atoms. The summed E-state index contributed by atoms with van der Waals surface area (Å²) in [6, 6.07) is 6.60. The zero-order chi connectivity index (χ0) is 19.4. The number of urea groups is 1. The van der Waals surface area contributed by atoms with Crippen LogP contribution in [-0.4, -0.2) is 37.2 Å². The summed E-state index contributed by atoms with van der Waals surface area (Å²) >= 11 is 0. The van der Waals surface area contributed by atoms with Crippen molar-refractivity contribution < 1.29 is 14.3 Å². The first kappa shape index (κ1) is 22.0. The lowest BCUT2D eigenvalue weighted by molar-refractivity contribution is 0.0911. The number of ether oxygens (including phenoxy) is 1. The summed E-state index contributed by atoms with van der Waals surface area (Å²) in [4.78, 5) is 24.0. The molecule has 3 amide bonds. The Balaban J connectivity index is 2.33. The van der Waals surface area contributed by atoms with E-state index in [0.717, 1.165) is 32.3 Å². The molecule has 0 unspecified atom stereocenters. The zero-order valence-corrected chi connectivity index (χ0v) is 16.5. The number of carbonyl (C=O) groups is 2. The van der Waals surface area contributed by atoms with E-state index >= 15 is 0 Å². The molecule has 1 aromatic rings. The van der Waals surface area contributed by atoms with Crippen LogP contribution in [0.4, 0.5) is 10.5 Å². The third-order valence-electron chi connectivity index (χ3n) is 4.13. The monoisotopic (exact) mass is 363 g/mol. The van der Waals surface area contributed by atoms with Crippen molar-refractivity contribution in [2.75, 3.05) is 25.1 Å². The van der Waals surface area contributed by atoms with Crippen LogP contribution in [0.2, 0.25) is 0 Å². The molecule has 0 atom stereocenters. The molecular weight excluding hydrogens is 330 g/mol. The summed E-state index contributed by atoms with van der Waals surface area (Å²) in [6.45, 7) is 10.1. The number of hydrogen-bond donors (Lipinski definition) is 3. The van der Waals surface area contributed by atoms with E-state index < -0.39 is 0 Å². The van der Waals surface area contributed by atoms with Gasteiger partial charge in [0.05, 0.1) is 0 Å². The molecule has 26 heavy (non-hydrogen) atoms. The zero-order valence-electron chi connectivity index (χ0n) is 16.5. The average Bonchev–Trinajstić information content (AvgIpc) is 2.61.